The van der Waals surface area contributed by atoms with E-state index < -0.39 is 21.5 Å². The fraction of sp³-hybridized carbons (Fsp3) is 0.692. The van der Waals surface area contributed by atoms with E-state index in [1.165, 1.54) is 6.20 Å². The Labute approximate surface area is 124 Å². The highest BCUT2D eigenvalue weighted by atomic mass is 32.2. The van der Waals surface area contributed by atoms with Crippen molar-refractivity contribution >= 4 is 16.0 Å². The molecule has 2 unspecified atom stereocenters. The highest BCUT2D eigenvalue weighted by Crippen LogP contribution is 2.35. The van der Waals surface area contributed by atoms with Gasteiger partial charge < -0.3 is 10.1 Å². The first-order chi connectivity index (χ1) is 9.82. The van der Waals surface area contributed by atoms with Crippen molar-refractivity contribution in [3.63, 3.8) is 0 Å². The monoisotopic (exact) mass is 315 g/mol. The molecular formula is C13H21N3O4S. The van der Waals surface area contributed by atoms with E-state index in [-0.39, 0.29) is 10.9 Å². The Kier molecular flexibility index (Phi) is 4.38. The van der Waals surface area contributed by atoms with Gasteiger partial charge in [0.25, 0.3) is 10.0 Å². The van der Waals surface area contributed by atoms with Crippen LogP contribution in [0.2, 0.25) is 0 Å². The number of hydrogen-bond acceptors (Lipinski definition) is 4. The molecule has 118 valence electrons. The molecule has 0 aromatic carbocycles. The number of hydrogen-bond donors (Lipinski definition) is 3. The van der Waals surface area contributed by atoms with Gasteiger partial charge in [-0.2, -0.15) is 4.72 Å². The minimum absolute atomic E-state index is 0.0854. The smallest absolute Gasteiger partial charge is 0.325 e. The predicted molar refractivity (Wildman–Crippen MR) is 76.3 cm³/mol. The lowest BCUT2D eigenvalue weighted by molar-refractivity contribution is -0.147. The van der Waals surface area contributed by atoms with Crippen LogP contribution in [0.1, 0.15) is 45.4 Å². The third-order valence-corrected chi connectivity index (χ3v) is 5.65. The summed E-state index contributed by atoms with van der Waals surface area (Å²) in [6, 6.07) is 0. The molecule has 1 aliphatic rings. The first-order valence-electron chi connectivity index (χ1n) is 7.13. The molecule has 0 amide bonds. The number of carboxylic acids is 1. The van der Waals surface area contributed by atoms with Gasteiger partial charge in [-0.1, -0.05) is 26.7 Å². The molecule has 8 heteroatoms. The van der Waals surface area contributed by atoms with Crippen molar-refractivity contribution in [3.05, 3.63) is 12.0 Å². The Hall–Kier alpha value is -1.41. The number of nitrogens with one attached hydrogen (secondary N) is 2. The number of carbonyl (C=O) groups is 1. The lowest BCUT2D eigenvalue weighted by Crippen LogP contribution is -2.59. The van der Waals surface area contributed by atoms with Gasteiger partial charge in [0.1, 0.15) is 11.4 Å². The first kappa shape index (κ1) is 16.0. The predicted octanol–water partition coefficient (Wildman–Crippen LogP) is 1.28. The second-order valence-corrected chi connectivity index (χ2v) is 7.23. The molecule has 0 radical (unpaired) electrons. The normalized spacial score (nSPS) is 26.7. The highest BCUT2D eigenvalue weighted by Gasteiger charge is 2.48. The lowest BCUT2D eigenvalue weighted by Gasteiger charge is -2.38. The van der Waals surface area contributed by atoms with E-state index in [1.54, 1.807) is 6.92 Å². The van der Waals surface area contributed by atoms with Crippen LogP contribution >= 0.6 is 0 Å². The number of H-pyrrole nitrogens is 1. The summed E-state index contributed by atoms with van der Waals surface area (Å²) in [6.45, 7) is 3.63. The van der Waals surface area contributed by atoms with Gasteiger partial charge >= 0.3 is 5.97 Å². The molecule has 2 rings (SSSR count). The Balaban J connectivity index is 2.33. The fourth-order valence-electron chi connectivity index (χ4n) is 2.81. The number of rotatable bonds is 5. The van der Waals surface area contributed by atoms with Crippen molar-refractivity contribution in [1.82, 2.24) is 14.7 Å². The van der Waals surface area contributed by atoms with Gasteiger partial charge in [0.15, 0.2) is 5.03 Å². The number of aromatic nitrogens is 2. The molecule has 0 aliphatic heterocycles. The third-order valence-electron chi connectivity index (χ3n) is 4.23. The van der Waals surface area contributed by atoms with Crippen LogP contribution in [0.4, 0.5) is 0 Å². The number of aliphatic carboxylic acids is 1. The van der Waals surface area contributed by atoms with E-state index in [2.05, 4.69) is 14.7 Å². The summed E-state index contributed by atoms with van der Waals surface area (Å²) in [6.07, 6.45) is 4.42. The van der Waals surface area contributed by atoms with E-state index in [9.17, 15) is 18.3 Å². The average molecular weight is 315 g/mol. The van der Waals surface area contributed by atoms with Gasteiger partial charge in [0.2, 0.25) is 0 Å². The lowest BCUT2D eigenvalue weighted by atomic mass is 9.74. The number of sulfonamides is 1. The maximum absolute atomic E-state index is 12.4. The fourth-order valence-corrected chi connectivity index (χ4v) is 4.24. The second kappa shape index (κ2) is 5.76. The minimum Gasteiger partial charge on any atom is -0.480 e. The first-order valence-corrected chi connectivity index (χ1v) is 8.61. The summed E-state index contributed by atoms with van der Waals surface area (Å²) in [5, 5.41) is 9.48. The number of aryl methyl sites for hydroxylation is 1. The van der Waals surface area contributed by atoms with Crippen molar-refractivity contribution in [2.45, 2.75) is 56.5 Å². The molecule has 1 aromatic rings. The Morgan fingerprint density at radius 1 is 1.57 bits per heavy atom. The molecule has 1 saturated carbocycles. The van der Waals surface area contributed by atoms with E-state index in [0.717, 1.165) is 6.42 Å². The summed E-state index contributed by atoms with van der Waals surface area (Å²) < 4.78 is 27.3. The molecule has 1 fully saturated rings. The Bertz CT molecular complexity index is 625. The SMILES string of the molecule is CCc1ncc(S(=O)(=O)NC2(C(=O)O)CCCCC2C)[nH]1. The molecule has 7 nitrogen and oxygen atoms in total. The van der Waals surface area contributed by atoms with E-state index in [0.29, 0.717) is 31.5 Å². The minimum atomic E-state index is -3.93. The molecule has 0 bridgehead atoms. The standard InChI is InChI=1S/C13H21N3O4S/c1-3-10-14-8-11(15-10)21(19,20)16-13(12(17)18)7-5-4-6-9(13)2/h8-9,16H,3-7H2,1-2H3,(H,14,15)(H,17,18). The Morgan fingerprint density at radius 2 is 2.29 bits per heavy atom. The van der Waals surface area contributed by atoms with Crippen LogP contribution in [-0.2, 0) is 21.2 Å². The molecule has 1 heterocycles. The molecule has 2 atom stereocenters. The number of carboxylic acid groups (broad SMARTS) is 1. The van der Waals surface area contributed by atoms with Crippen molar-refractivity contribution in [2.75, 3.05) is 0 Å². The van der Waals surface area contributed by atoms with Crippen LogP contribution in [0.15, 0.2) is 11.2 Å². The van der Waals surface area contributed by atoms with Crippen LogP contribution in [0.5, 0.6) is 0 Å². The van der Waals surface area contributed by atoms with E-state index >= 15 is 0 Å². The van der Waals surface area contributed by atoms with Gasteiger partial charge in [-0.15, -0.1) is 0 Å². The van der Waals surface area contributed by atoms with Gasteiger partial charge in [0.05, 0.1) is 6.20 Å². The van der Waals surface area contributed by atoms with Crippen LogP contribution < -0.4 is 4.72 Å². The zero-order valence-corrected chi connectivity index (χ0v) is 13.0. The number of nitrogens with zero attached hydrogens (tertiary/aromatic N) is 1. The van der Waals surface area contributed by atoms with Crippen LogP contribution in [0, 0.1) is 5.92 Å². The zero-order valence-electron chi connectivity index (χ0n) is 12.2. The quantitative estimate of drug-likeness (QED) is 0.758. The molecule has 0 spiro atoms. The van der Waals surface area contributed by atoms with Crippen molar-refractivity contribution in [2.24, 2.45) is 5.92 Å². The molecular weight excluding hydrogens is 294 g/mol. The van der Waals surface area contributed by atoms with Crippen molar-refractivity contribution in [3.8, 4) is 0 Å². The summed E-state index contributed by atoms with van der Waals surface area (Å²) >= 11 is 0. The number of aromatic amines is 1. The second-order valence-electron chi connectivity index (χ2n) is 5.58. The van der Waals surface area contributed by atoms with Crippen LogP contribution in [0.25, 0.3) is 0 Å². The Morgan fingerprint density at radius 3 is 2.81 bits per heavy atom. The molecule has 1 aromatic heterocycles. The summed E-state index contributed by atoms with van der Waals surface area (Å²) in [4.78, 5) is 18.4. The molecule has 1 aliphatic carbocycles. The van der Waals surface area contributed by atoms with Gasteiger partial charge in [-0.3, -0.25) is 4.79 Å². The van der Waals surface area contributed by atoms with Crippen LogP contribution in [-0.4, -0.2) is 35.0 Å². The number of imidazole rings is 1. The third kappa shape index (κ3) is 2.96. The zero-order chi connectivity index (χ0) is 15.7. The van der Waals surface area contributed by atoms with Gasteiger partial charge in [-0.25, -0.2) is 13.4 Å². The van der Waals surface area contributed by atoms with Gasteiger partial charge in [-0.05, 0) is 18.8 Å². The van der Waals surface area contributed by atoms with Gasteiger partial charge in [0, 0.05) is 6.42 Å². The maximum Gasteiger partial charge on any atom is 0.325 e. The molecule has 21 heavy (non-hydrogen) atoms. The maximum atomic E-state index is 12.4. The van der Waals surface area contributed by atoms with Crippen molar-refractivity contribution in [1.29, 1.82) is 0 Å². The highest BCUT2D eigenvalue weighted by molar-refractivity contribution is 7.89. The molecule has 3 N–H and O–H groups in total. The largest absolute Gasteiger partial charge is 0.480 e. The van der Waals surface area contributed by atoms with E-state index in [4.69, 9.17) is 0 Å². The van der Waals surface area contributed by atoms with Crippen molar-refractivity contribution < 1.29 is 18.3 Å². The molecule has 0 saturated heterocycles. The average Bonchev–Trinajstić information content (AvgIpc) is 2.90. The summed E-state index contributed by atoms with van der Waals surface area (Å²) in [5.74, 6) is -0.822. The topological polar surface area (TPSA) is 112 Å². The summed E-state index contributed by atoms with van der Waals surface area (Å²) in [7, 11) is -3.93. The summed E-state index contributed by atoms with van der Waals surface area (Å²) in [5.41, 5.74) is -1.44. The van der Waals surface area contributed by atoms with E-state index in [1.807, 2.05) is 6.92 Å². The van der Waals surface area contributed by atoms with Crippen LogP contribution in [0.3, 0.4) is 0 Å².